The molecule has 0 unspecified atom stereocenters. The lowest BCUT2D eigenvalue weighted by Crippen LogP contribution is -2.36. The van der Waals surface area contributed by atoms with Crippen LogP contribution in [0.1, 0.15) is 42.9 Å². The van der Waals surface area contributed by atoms with Gasteiger partial charge in [0.05, 0.1) is 11.3 Å². The highest BCUT2D eigenvalue weighted by Gasteiger charge is 2.18. The van der Waals surface area contributed by atoms with E-state index >= 15 is 0 Å². The Bertz CT molecular complexity index is 820. The normalized spacial score (nSPS) is 17.2. The van der Waals surface area contributed by atoms with E-state index in [2.05, 4.69) is 29.3 Å². The first kappa shape index (κ1) is 20.0. The molecular weight excluding hydrogens is 354 g/mol. The van der Waals surface area contributed by atoms with Gasteiger partial charge in [0.2, 0.25) is 5.91 Å². The number of para-hydroxylation sites is 1. The molecule has 2 aromatic rings. The van der Waals surface area contributed by atoms with Gasteiger partial charge in [-0.15, -0.1) is 0 Å². The maximum Gasteiger partial charge on any atom is 0.273 e. The van der Waals surface area contributed by atoms with Crippen LogP contribution in [0.2, 0.25) is 0 Å². The van der Waals surface area contributed by atoms with Crippen LogP contribution in [-0.4, -0.2) is 28.3 Å². The summed E-state index contributed by atoms with van der Waals surface area (Å²) in [6.45, 7) is 4.83. The Labute approximate surface area is 165 Å². The molecule has 1 atom stereocenters. The second-order valence-electron chi connectivity index (χ2n) is 7.47. The molecule has 0 aromatic heterocycles. The zero-order valence-corrected chi connectivity index (χ0v) is 16.3. The fourth-order valence-corrected chi connectivity index (χ4v) is 3.66. The highest BCUT2D eigenvalue weighted by Crippen LogP contribution is 2.20. The highest BCUT2D eigenvalue weighted by atomic mass is 16.6. The first-order valence-electron chi connectivity index (χ1n) is 9.84. The fraction of sp³-hybridized carbons (Fsp3) is 0.409. The average Bonchev–Trinajstić information content (AvgIpc) is 2.69. The summed E-state index contributed by atoms with van der Waals surface area (Å²) in [6.07, 6.45) is 3.86. The second-order valence-corrected chi connectivity index (χ2v) is 7.47. The minimum atomic E-state index is -0.454. The monoisotopic (exact) mass is 381 g/mol. The smallest absolute Gasteiger partial charge is 0.273 e. The van der Waals surface area contributed by atoms with Gasteiger partial charge in [0.15, 0.2) is 0 Å². The quantitative estimate of drug-likeness (QED) is 0.584. The van der Waals surface area contributed by atoms with E-state index in [1.54, 1.807) is 18.2 Å². The van der Waals surface area contributed by atoms with E-state index in [4.69, 9.17) is 0 Å². The molecule has 1 aliphatic rings. The third kappa shape index (κ3) is 5.39. The fourth-order valence-electron chi connectivity index (χ4n) is 3.66. The number of hydrogen-bond acceptors (Lipinski definition) is 4. The molecule has 0 radical (unpaired) electrons. The van der Waals surface area contributed by atoms with Crippen LogP contribution in [0.5, 0.6) is 0 Å². The molecule has 1 fully saturated rings. The minimum Gasteiger partial charge on any atom is -0.352 e. The molecule has 28 heavy (non-hydrogen) atoms. The highest BCUT2D eigenvalue weighted by molar-refractivity contribution is 5.79. The largest absolute Gasteiger partial charge is 0.352 e. The third-order valence-corrected chi connectivity index (χ3v) is 5.38. The Morgan fingerprint density at radius 1 is 1.14 bits per heavy atom. The van der Waals surface area contributed by atoms with Crippen molar-refractivity contribution in [2.24, 2.45) is 0 Å². The molecule has 3 rings (SSSR count). The van der Waals surface area contributed by atoms with E-state index < -0.39 is 4.92 Å². The Morgan fingerprint density at radius 3 is 2.57 bits per heavy atom. The van der Waals surface area contributed by atoms with Crippen LogP contribution < -0.4 is 5.32 Å². The van der Waals surface area contributed by atoms with Gasteiger partial charge < -0.3 is 5.32 Å². The SMILES string of the molecule is C[C@H]1CCCCN1Cc1ccc(CNC(=O)Cc2ccccc2[N+](=O)[O-])cc1. The van der Waals surface area contributed by atoms with Crippen molar-refractivity contribution in [1.29, 1.82) is 0 Å². The number of amides is 1. The lowest BCUT2D eigenvalue weighted by molar-refractivity contribution is -0.385. The number of likely N-dealkylation sites (tertiary alicyclic amines) is 1. The summed E-state index contributed by atoms with van der Waals surface area (Å²) in [7, 11) is 0. The van der Waals surface area contributed by atoms with Crippen molar-refractivity contribution >= 4 is 11.6 Å². The Kier molecular flexibility index (Phi) is 6.76. The van der Waals surface area contributed by atoms with Crippen molar-refractivity contribution in [1.82, 2.24) is 10.2 Å². The zero-order chi connectivity index (χ0) is 19.9. The van der Waals surface area contributed by atoms with Crippen LogP contribution in [0.4, 0.5) is 5.69 Å². The molecular formula is C22H27N3O3. The predicted molar refractivity (Wildman–Crippen MR) is 109 cm³/mol. The molecule has 148 valence electrons. The molecule has 2 aromatic carbocycles. The van der Waals surface area contributed by atoms with Crippen molar-refractivity contribution in [3.63, 3.8) is 0 Å². The molecule has 1 N–H and O–H groups in total. The number of nitrogens with one attached hydrogen (secondary N) is 1. The standard InChI is InChI=1S/C22H27N3O3/c1-17-6-4-5-13-24(17)16-19-11-9-18(10-12-19)15-23-22(26)14-20-7-2-3-8-21(20)25(27)28/h2-3,7-12,17H,4-6,13-16H2,1H3,(H,23,26)/t17-/m0/s1. The maximum atomic E-state index is 12.2. The number of hydrogen-bond donors (Lipinski definition) is 1. The summed E-state index contributed by atoms with van der Waals surface area (Å²) >= 11 is 0. The number of nitrogens with zero attached hydrogens (tertiary/aromatic N) is 2. The van der Waals surface area contributed by atoms with Gasteiger partial charge in [0, 0.05) is 30.8 Å². The molecule has 1 saturated heterocycles. The number of carbonyl (C=O) groups excluding carboxylic acids is 1. The van der Waals surface area contributed by atoms with Gasteiger partial charge in [0.1, 0.15) is 0 Å². The maximum absolute atomic E-state index is 12.2. The van der Waals surface area contributed by atoms with Crippen LogP contribution in [0, 0.1) is 10.1 Å². The van der Waals surface area contributed by atoms with E-state index in [1.165, 1.54) is 30.9 Å². The van der Waals surface area contributed by atoms with Crippen molar-refractivity contribution in [3.05, 3.63) is 75.3 Å². The Morgan fingerprint density at radius 2 is 1.86 bits per heavy atom. The number of nitro groups is 1. The van der Waals surface area contributed by atoms with Gasteiger partial charge in [-0.3, -0.25) is 19.8 Å². The average molecular weight is 381 g/mol. The van der Waals surface area contributed by atoms with E-state index in [0.717, 1.165) is 18.7 Å². The number of carbonyl (C=O) groups is 1. The lowest BCUT2D eigenvalue weighted by Gasteiger charge is -2.33. The molecule has 0 spiro atoms. The van der Waals surface area contributed by atoms with Gasteiger partial charge in [0.25, 0.3) is 5.69 Å². The summed E-state index contributed by atoms with van der Waals surface area (Å²) in [5, 5.41) is 13.9. The summed E-state index contributed by atoms with van der Waals surface area (Å²) in [6, 6.07) is 15.3. The first-order chi connectivity index (χ1) is 13.5. The molecule has 6 nitrogen and oxygen atoms in total. The number of benzene rings is 2. The molecule has 0 aliphatic carbocycles. The van der Waals surface area contributed by atoms with Gasteiger partial charge in [-0.25, -0.2) is 0 Å². The van der Waals surface area contributed by atoms with Crippen LogP contribution in [0.15, 0.2) is 48.5 Å². The summed E-state index contributed by atoms with van der Waals surface area (Å²) < 4.78 is 0. The van der Waals surface area contributed by atoms with Crippen LogP contribution in [0.25, 0.3) is 0 Å². The van der Waals surface area contributed by atoms with Gasteiger partial charge in [-0.05, 0) is 37.4 Å². The topological polar surface area (TPSA) is 75.5 Å². The van der Waals surface area contributed by atoms with E-state index in [0.29, 0.717) is 18.2 Å². The molecule has 1 heterocycles. The van der Waals surface area contributed by atoms with Crippen molar-refractivity contribution < 1.29 is 9.72 Å². The Hall–Kier alpha value is -2.73. The number of rotatable bonds is 7. The van der Waals surface area contributed by atoms with Crippen LogP contribution in [-0.2, 0) is 24.3 Å². The van der Waals surface area contributed by atoms with Crippen molar-refractivity contribution in [2.75, 3.05) is 6.54 Å². The Balaban J connectivity index is 1.51. The zero-order valence-electron chi connectivity index (χ0n) is 16.3. The number of piperidine rings is 1. The minimum absolute atomic E-state index is 0.00207. The molecule has 6 heteroatoms. The van der Waals surface area contributed by atoms with Crippen LogP contribution >= 0.6 is 0 Å². The molecule has 0 saturated carbocycles. The first-order valence-corrected chi connectivity index (χ1v) is 9.84. The summed E-state index contributed by atoms with van der Waals surface area (Å²) in [5.74, 6) is -0.222. The van der Waals surface area contributed by atoms with Crippen molar-refractivity contribution in [2.45, 2.75) is 51.7 Å². The van der Waals surface area contributed by atoms with Crippen molar-refractivity contribution in [3.8, 4) is 0 Å². The summed E-state index contributed by atoms with van der Waals surface area (Å²) in [5.41, 5.74) is 2.71. The van der Waals surface area contributed by atoms with Gasteiger partial charge >= 0.3 is 0 Å². The van der Waals surface area contributed by atoms with E-state index in [-0.39, 0.29) is 18.0 Å². The van der Waals surface area contributed by atoms with E-state index in [9.17, 15) is 14.9 Å². The molecule has 1 amide bonds. The second kappa shape index (κ2) is 9.46. The molecule has 1 aliphatic heterocycles. The van der Waals surface area contributed by atoms with E-state index in [1.807, 2.05) is 12.1 Å². The van der Waals surface area contributed by atoms with Gasteiger partial charge in [-0.1, -0.05) is 48.9 Å². The predicted octanol–water partition coefficient (Wildman–Crippen LogP) is 3.83. The van der Waals surface area contributed by atoms with Crippen LogP contribution in [0.3, 0.4) is 0 Å². The van der Waals surface area contributed by atoms with Gasteiger partial charge in [-0.2, -0.15) is 0 Å². The summed E-state index contributed by atoms with van der Waals surface area (Å²) in [4.78, 5) is 25.3. The lowest BCUT2D eigenvalue weighted by atomic mass is 10.0. The third-order valence-electron chi connectivity index (χ3n) is 5.38. The molecule has 0 bridgehead atoms. The number of nitro benzene ring substituents is 1.